The third-order valence-corrected chi connectivity index (χ3v) is 4.19. The third-order valence-electron chi connectivity index (χ3n) is 4.19. The van der Waals surface area contributed by atoms with Gasteiger partial charge in [0.25, 0.3) is 11.8 Å². The summed E-state index contributed by atoms with van der Waals surface area (Å²) in [7, 11) is 0. The summed E-state index contributed by atoms with van der Waals surface area (Å²) in [6.07, 6.45) is 0. The molecule has 6 heteroatoms. The van der Waals surface area contributed by atoms with Crippen molar-refractivity contribution >= 4 is 22.8 Å². The minimum atomic E-state index is -0.769. The van der Waals surface area contributed by atoms with E-state index >= 15 is 0 Å². The minimum absolute atomic E-state index is 0.0205. The molecule has 0 atom stereocenters. The molecule has 0 fully saturated rings. The highest BCUT2D eigenvalue weighted by atomic mass is 16.4. The molecule has 0 saturated carbocycles. The molecule has 0 bridgehead atoms. The molecular formula is C21H20N2O4. The van der Waals surface area contributed by atoms with Gasteiger partial charge >= 0.3 is 5.63 Å². The van der Waals surface area contributed by atoms with Crippen LogP contribution in [0, 0.1) is 0 Å². The number of hydrogen-bond acceptors (Lipinski definition) is 4. The van der Waals surface area contributed by atoms with Crippen molar-refractivity contribution in [3.63, 3.8) is 0 Å². The number of rotatable bonds is 2. The fraction of sp³-hybridized carbons (Fsp3) is 0.190. The second kappa shape index (κ2) is 7.07. The standard InChI is InChI=1S/C21H20N2O4/c1-21(2,3)15-10-8-13(9-11-15)18(24)22-23-19(25)16-12-14-6-4-5-7-17(14)27-20(16)26/h4-12H,1-3H3,(H,22,24)(H,23,25). The number of carbonyl (C=O) groups is 2. The van der Waals surface area contributed by atoms with Crippen LogP contribution >= 0.6 is 0 Å². The van der Waals surface area contributed by atoms with Crippen LogP contribution in [-0.2, 0) is 5.41 Å². The lowest BCUT2D eigenvalue weighted by Crippen LogP contribution is -2.43. The van der Waals surface area contributed by atoms with E-state index in [9.17, 15) is 14.4 Å². The fourth-order valence-corrected chi connectivity index (χ4v) is 2.59. The number of nitrogens with one attached hydrogen (secondary N) is 2. The van der Waals surface area contributed by atoms with Crippen molar-refractivity contribution in [2.75, 3.05) is 0 Å². The van der Waals surface area contributed by atoms with Crippen LogP contribution in [0.5, 0.6) is 0 Å². The van der Waals surface area contributed by atoms with E-state index in [1.165, 1.54) is 6.07 Å². The Labute approximate surface area is 156 Å². The summed E-state index contributed by atoms with van der Waals surface area (Å²) in [5.41, 5.74) is 5.47. The Kier molecular flexibility index (Phi) is 4.81. The molecule has 0 aliphatic heterocycles. The summed E-state index contributed by atoms with van der Waals surface area (Å²) in [5, 5.41) is 0.617. The van der Waals surface area contributed by atoms with Crippen LogP contribution in [-0.4, -0.2) is 11.8 Å². The lowest BCUT2D eigenvalue weighted by molar-refractivity contribution is 0.0844. The van der Waals surface area contributed by atoms with E-state index in [4.69, 9.17) is 4.42 Å². The summed E-state index contributed by atoms with van der Waals surface area (Å²) in [6, 6.07) is 15.4. The van der Waals surface area contributed by atoms with E-state index in [-0.39, 0.29) is 11.0 Å². The topological polar surface area (TPSA) is 88.4 Å². The first-order chi connectivity index (χ1) is 12.8. The zero-order valence-corrected chi connectivity index (χ0v) is 15.3. The molecule has 3 rings (SSSR count). The number of amides is 2. The molecule has 2 N–H and O–H groups in total. The minimum Gasteiger partial charge on any atom is -0.422 e. The zero-order chi connectivity index (χ0) is 19.6. The maximum atomic E-state index is 12.2. The largest absolute Gasteiger partial charge is 0.422 e. The van der Waals surface area contributed by atoms with Crippen LogP contribution in [0.25, 0.3) is 11.0 Å². The van der Waals surface area contributed by atoms with Crippen LogP contribution in [0.4, 0.5) is 0 Å². The summed E-state index contributed by atoms with van der Waals surface area (Å²) >= 11 is 0. The first-order valence-electron chi connectivity index (χ1n) is 8.50. The van der Waals surface area contributed by atoms with E-state index in [1.54, 1.807) is 36.4 Å². The van der Waals surface area contributed by atoms with Crippen molar-refractivity contribution < 1.29 is 14.0 Å². The molecule has 3 aromatic rings. The Morgan fingerprint density at radius 3 is 2.19 bits per heavy atom. The highest BCUT2D eigenvalue weighted by Gasteiger charge is 2.16. The van der Waals surface area contributed by atoms with Gasteiger partial charge in [-0.2, -0.15) is 0 Å². The number of carbonyl (C=O) groups excluding carboxylic acids is 2. The van der Waals surface area contributed by atoms with E-state index in [0.717, 1.165) is 5.56 Å². The van der Waals surface area contributed by atoms with Crippen LogP contribution in [0.1, 0.15) is 47.1 Å². The predicted molar refractivity (Wildman–Crippen MR) is 103 cm³/mol. The SMILES string of the molecule is CC(C)(C)c1ccc(C(=O)NNC(=O)c2cc3ccccc3oc2=O)cc1. The van der Waals surface area contributed by atoms with Crippen molar-refractivity contribution in [1.82, 2.24) is 10.9 Å². The van der Waals surface area contributed by atoms with Gasteiger partial charge in [-0.25, -0.2) is 4.79 Å². The number of fused-ring (bicyclic) bond motifs is 1. The van der Waals surface area contributed by atoms with Gasteiger partial charge < -0.3 is 4.42 Å². The maximum absolute atomic E-state index is 12.2. The second-order valence-electron chi connectivity index (χ2n) is 7.22. The molecule has 0 spiro atoms. The van der Waals surface area contributed by atoms with Gasteiger partial charge in [-0.3, -0.25) is 20.4 Å². The molecule has 0 aliphatic rings. The van der Waals surface area contributed by atoms with Crippen molar-refractivity contribution in [3.8, 4) is 0 Å². The molecule has 1 aromatic heterocycles. The van der Waals surface area contributed by atoms with Gasteiger partial charge in [0.1, 0.15) is 11.1 Å². The number of para-hydroxylation sites is 1. The van der Waals surface area contributed by atoms with Gasteiger partial charge in [0.2, 0.25) is 0 Å². The quantitative estimate of drug-likeness (QED) is 0.540. The Morgan fingerprint density at radius 1 is 0.889 bits per heavy atom. The monoisotopic (exact) mass is 364 g/mol. The normalized spacial score (nSPS) is 11.2. The first-order valence-corrected chi connectivity index (χ1v) is 8.50. The third kappa shape index (κ3) is 4.06. The summed E-state index contributed by atoms with van der Waals surface area (Å²) in [6.45, 7) is 6.24. The Bertz CT molecular complexity index is 1060. The van der Waals surface area contributed by atoms with E-state index < -0.39 is 17.4 Å². The van der Waals surface area contributed by atoms with Crippen molar-refractivity contribution in [3.05, 3.63) is 81.7 Å². The number of benzene rings is 2. The van der Waals surface area contributed by atoms with Crippen LogP contribution < -0.4 is 16.5 Å². The average molecular weight is 364 g/mol. The zero-order valence-electron chi connectivity index (χ0n) is 15.3. The van der Waals surface area contributed by atoms with Gasteiger partial charge in [0.05, 0.1) is 0 Å². The smallest absolute Gasteiger partial charge is 0.349 e. The molecule has 1 heterocycles. The highest BCUT2D eigenvalue weighted by Crippen LogP contribution is 2.22. The highest BCUT2D eigenvalue weighted by molar-refractivity contribution is 6.00. The van der Waals surface area contributed by atoms with Crippen LogP contribution in [0.3, 0.4) is 0 Å². The van der Waals surface area contributed by atoms with Gasteiger partial charge in [-0.1, -0.05) is 51.1 Å². The Balaban J connectivity index is 1.71. The lowest BCUT2D eigenvalue weighted by Gasteiger charge is -2.19. The van der Waals surface area contributed by atoms with Crippen LogP contribution in [0.2, 0.25) is 0 Å². The predicted octanol–water partition coefficient (Wildman–Crippen LogP) is 3.17. The molecule has 27 heavy (non-hydrogen) atoms. The first kappa shape index (κ1) is 18.4. The van der Waals surface area contributed by atoms with E-state index in [1.807, 2.05) is 12.1 Å². The Morgan fingerprint density at radius 2 is 1.52 bits per heavy atom. The summed E-state index contributed by atoms with van der Waals surface area (Å²) in [5.74, 6) is -1.22. The second-order valence-corrected chi connectivity index (χ2v) is 7.22. The van der Waals surface area contributed by atoms with E-state index in [2.05, 4.69) is 31.6 Å². The van der Waals surface area contributed by atoms with Gasteiger partial charge in [0.15, 0.2) is 0 Å². The maximum Gasteiger partial charge on any atom is 0.349 e. The molecule has 138 valence electrons. The van der Waals surface area contributed by atoms with E-state index in [0.29, 0.717) is 16.5 Å². The molecular weight excluding hydrogens is 344 g/mol. The van der Waals surface area contributed by atoms with Crippen LogP contribution in [0.15, 0.2) is 63.8 Å². The van der Waals surface area contributed by atoms with Gasteiger partial charge in [-0.05, 0) is 35.2 Å². The lowest BCUT2D eigenvalue weighted by atomic mass is 9.87. The molecule has 2 amide bonds. The van der Waals surface area contributed by atoms with Gasteiger partial charge in [-0.15, -0.1) is 0 Å². The van der Waals surface area contributed by atoms with Crippen molar-refractivity contribution in [1.29, 1.82) is 0 Å². The molecule has 2 aromatic carbocycles. The Hall–Kier alpha value is -3.41. The molecule has 0 aliphatic carbocycles. The number of hydrazine groups is 1. The average Bonchev–Trinajstić information content (AvgIpc) is 2.64. The van der Waals surface area contributed by atoms with Gasteiger partial charge in [0, 0.05) is 10.9 Å². The molecule has 0 saturated heterocycles. The molecule has 0 unspecified atom stereocenters. The number of hydrogen-bond donors (Lipinski definition) is 2. The van der Waals surface area contributed by atoms with Crippen molar-refractivity contribution in [2.24, 2.45) is 0 Å². The summed E-state index contributed by atoms with van der Waals surface area (Å²) in [4.78, 5) is 36.4. The van der Waals surface area contributed by atoms with Crippen molar-refractivity contribution in [2.45, 2.75) is 26.2 Å². The summed E-state index contributed by atoms with van der Waals surface area (Å²) < 4.78 is 5.12. The molecule has 6 nitrogen and oxygen atoms in total. The fourth-order valence-electron chi connectivity index (χ4n) is 2.59. The molecule has 0 radical (unpaired) electrons.